The van der Waals surface area contributed by atoms with Crippen molar-refractivity contribution in [2.24, 2.45) is 0 Å². The number of rotatable bonds is 3. The average molecular weight is 388 g/mol. The van der Waals surface area contributed by atoms with E-state index in [0.29, 0.717) is 26.2 Å². The van der Waals surface area contributed by atoms with Gasteiger partial charge in [-0.15, -0.1) is 0 Å². The van der Waals surface area contributed by atoms with Crippen LogP contribution >= 0.6 is 34.8 Å². The van der Waals surface area contributed by atoms with Gasteiger partial charge >= 0.3 is 0 Å². The Bertz CT molecular complexity index is 1010. The lowest BCUT2D eigenvalue weighted by Crippen LogP contribution is -1.96. The number of aryl methyl sites for hydroxylation is 1. The fraction of sp³-hybridized carbons (Fsp3) is 0.0500. The number of aromatic nitrogens is 1. The molecule has 0 N–H and O–H groups in total. The number of hydrogen-bond acceptors (Lipinski definition) is 1. The summed E-state index contributed by atoms with van der Waals surface area (Å²) in [5.41, 5.74) is 3.89. The second-order valence-electron chi connectivity index (χ2n) is 5.53. The Kier molecular flexibility index (Phi) is 5.20. The summed E-state index contributed by atoms with van der Waals surface area (Å²) >= 11 is 18.4. The zero-order chi connectivity index (χ0) is 18.0. The summed E-state index contributed by atoms with van der Waals surface area (Å²) < 4.78 is 1.96. The number of allylic oxidation sites excluding steroid dienone is 1. The summed E-state index contributed by atoms with van der Waals surface area (Å²) in [5, 5.41) is 11.2. The molecular formula is C20H13Cl3N2. The SMILES string of the molecule is Cc1ccc(-n2cccc2/C=C(/C#N)c2ccc(Cl)cc2Cl)cc1Cl. The molecule has 0 saturated heterocycles. The van der Waals surface area contributed by atoms with E-state index in [-0.39, 0.29) is 0 Å². The quantitative estimate of drug-likeness (QED) is 0.454. The van der Waals surface area contributed by atoms with E-state index in [1.165, 1.54) is 0 Å². The Labute approximate surface area is 161 Å². The Morgan fingerprint density at radius 2 is 1.84 bits per heavy atom. The Morgan fingerprint density at radius 3 is 2.52 bits per heavy atom. The van der Waals surface area contributed by atoms with Gasteiger partial charge in [-0.1, -0.05) is 46.9 Å². The lowest BCUT2D eigenvalue weighted by Gasteiger charge is -2.09. The van der Waals surface area contributed by atoms with Crippen LogP contribution in [0.15, 0.2) is 54.7 Å². The molecule has 3 rings (SSSR count). The Hall–Kier alpha value is -2.18. The number of halogens is 3. The van der Waals surface area contributed by atoms with Crippen LogP contribution in [0.5, 0.6) is 0 Å². The van der Waals surface area contributed by atoms with Crippen molar-refractivity contribution in [3.8, 4) is 11.8 Å². The second kappa shape index (κ2) is 7.37. The van der Waals surface area contributed by atoms with E-state index in [1.54, 1.807) is 24.3 Å². The molecular weight excluding hydrogens is 375 g/mol. The van der Waals surface area contributed by atoms with Crippen molar-refractivity contribution < 1.29 is 0 Å². The number of nitrogens with zero attached hydrogens (tertiary/aromatic N) is 2. The molecule has 0 saturated carbocycles. The first-order valence-corrected chi connectivity index (χ1v) is 8.64. The van der Waals surface area contributed by atoms with Gasteiger partial charge in [-0.2, -0.15) is 5.26 Å². The third-order valence-corrected chi connectivity index (χ3v) is 4.80. The normalized spacial score (nSPS) is 11.4. The van der Waals surface area contributed by atoms with Gasteiger partial charge in [-0.3, -0.25) is 0 Å². The van der Waals surface area contributed by atoms with Crippen LogP contribution in [0.25, 0.3) is 17.3 Å². The second-order valence-corrected chi connectivity index (χ2v) is 6.78. The Balaban J connectivity index is 2.08. The van der Waals surface area contributed by atoms with Gasteiger partial charge < -0.3 is 4.57 Å². The molecule has 5 heteroatoms. The molecule has 124 valence electrons. The molecule has 2 aromatic carbocycles. The van der Waals surface area contributed by atoms with Gasteiger partial charge in [0.15, 0.2) is 0 Å². The van der Waals surface area contributed by atoms with Gasteiger partial charge in [0.2, 0.25) is 0 Å². The third-order valence-electron chi connectivity index (χ3n) is 3.85. The fourth-order valence-corrected chi connectivity index (χ4v) is 3.19. The van der Waals surface area contributed by atoms with E-state index in [9.17, 15) is 5.26 Å². The molecule has 0 radical (unpaired) electrons. The van der Waals surface area contributed by atoms with Gasteiger partial charge in [-0.25, -0.2) is 0 Å². The van der Waals surface area contributed by atoms with Crippen molar-refractivity contribution in [1.29, 1.82) is 5.26 Å². The van der Waals surface area contributed by atoms with E-state index >= 15 is 0 Å². The molecule has 0 amide bonds. The van der Waals surface area contributed by atoms with Gasteiger partial charge in [0.1, 0.15) is 0 Å². The van der Waals surface area contributed by atoms with Gasteiger partial charge in [-0.05, 0) is 55.0 Å². The fourth-order valence-electron chi connectivity index (χ4n) is 2.50. The van der Waals surface area contributed by atoms with Crippen molar-refractivity contribution in [1.82, 2.24) is 4.57 Å². The summed E-state index contributed by atoms with van der Waals surface area (Å²) in [6.45, 7) is 1.96. The van der Waals surface area contributed by atoms with E-state index in [2.05, 4.69) is 6.07 Å². The number of benzene rings is 2. The van der Waals surface area contributed by atoms with E-state index in [4.69, 9.17) is 34.8 Å². The maximum Gasteiger partial charge on any atom is 0.0999 e. The molecule has 0 fully saturated rings. The first-order chi connectivity index (χ1) is 12.0. The molecule has 0 unspecified atom stereocenters. The minimum absolute atomic E-state index is 0.441. The first-order valence-electron chi connectivity index (χ1n) is 7.50. The largest absolute Gasteiger partial charge is 0.317 e. The molecule has 25 heavy (non-hydrogen) atoms. The third kappa shape index (κ3) is 3.75. The van der Waals surface area contributed by atoms with Crippen molar-refractivity contribution in [3.63, 3.8) is 0 Å². The van der Waals surface area contributed by atoms with Gasteiger partial charge in [0.25, 0.3) is 0 Å². The van der Waals surface area contributed by atoms with Crippen LogP contribution < -0.4 is 0 Å². The van der Waals surface area contributed by atoms with Crippen LogP contribution in [0.4, 0.5) is 0 Å². The minimum Gasteiger partial charge on any atom is -0.317 e. The summed E-state index contributed by atoms with van der Waals surface area (Å²) in [6, 6.07) is 17.0. The molecule has 2 nitrogen and oxygen atoms in total. The standard InChI is InChI=1S/C20H13Cl3N2/c1-13-4-6-17(11-19(13)22)25-8-2-3-16(25)9-14(12-24)18-7-5-15(21)10-20(18)23/h2-11H,1H3/b14-9-. The minimum atomic E-state index is 0.441. The number of hydrogen-bond donors (Lipinski definition) is 0. The maximum absolute atomic E-state index is 9.57. The van der Waals surface area contributed by atoms with Crippen LogP contribution in [0.1, 0.15) is 16.8 Å². The van der Waals surface area contributed by atoms with Crippen LogP contribution in [-0.4, -0.2) is 4.57 Å². The topological polar surface area (TPSA) is 28.7 Å². The molecule has 0 aliphatic carbocycles. The van der Waals surface area contributed by atoms with Crippen molar-refractivity contribution in [3.05, 3.63) is 86.6 Å². The van der Waals surface area contributed by atoms with Crippen LogP contribution in [0, 0.1) is 18.3 Å². The summed E-state index contributed by atoms with van der Waals surface area (Å²) in [5.74, 6) is 0. The smallest absolute Gasteiger partial charge is 0.0999 e. The van der Waals surface area contributed by atoms with Crippen LogP contribution in [0.2, 0.25) is 15.1 Å². The molecule has 0 atom stereocenters. The summed E-state index contributed by atoms with van der Waals surface area (Å²) in [6.07, 6.45) is 3.72. The highest BCUT2D eigenvalue weighted by Crippen LogP contribution is 2.29. The molecule has 0 aliphatic heterocycles. The molecule has 1 heterocycles. The zero-order valence-corrected chi connectivity index (χ0v) is 15.6. The highest BCUT2D eigenvalue weighted by molar-refractivity contribution is 6.36. The summed E-state index contributed by atoms with van der Waals surface area (Å²) in [4.78, 5) is 0. The van der Waals surface area contributed by atoms with Crippen molar-refractivity contribution in [2.75, 3.05) is 0 Å². The monoisotopic (exact) mass is 386 g/mol. The predicted octanol–water partition coefficient (Wildman–Crippen LogP) is 6.81. The predicted molar refractivity (Wildman–Crippen MR) is 105 cm³/mol. The van der Waals surface area contributed by atoms with Crippen molar-refractivity contribution >= 4 is 46.5 Å². The molecule has 0 bridgehead atoms. The van der Waals surface area contributed by atoms with Gasteiger partial charge in [0, 0.05) is 33.2 Å². The number of nitriles is 1. The first kappa shape index (κ1) is 17.6. The molecule has 1 aromatic heterocycles. The van der Waals surface area contributed by atoms with Gasteiger partial charge in [0.05, 0.1) is 16.7 Å². The van der Waals surface area contributed by atoms with E-state index < -0.39 is 0 Å². The van der Waals surface area contributed by atoms with Crippen LogP contribution in [0.3, 0.4) is 0 Å². The van der Waals surface area contributed by atoms with E-state index in [0.717, 1.165) is 16.9 Å². The zero-order valence-electron chi connectivity index (χ0n) is 13.3. The molecule has 3 aromatic rings. The van der Waals surface area contributed by atoms with Crippen molar-refractivity contribution in [2.45, 2.75) is 6.92 Å². The highest BCUT2D eigenvalue weighted by Gasteiger charge is 2.09. The maximum atomic E-state index is 9.57. The van der Waals surface area contributed by atoms with E-state index in [1.807, 2.05) is 48.0 Å². The highest BCUT2D eigenvalue weighted by atomic mass is 35.5. The molecule has 0 spiro atoms. The molecule has 0 aliphatic rings. The Morgan fingerprint density at radius 1 is 1.04 bits per heavy atom. The summed E-state index contributed by atoms with van der Waals surface area (Å²) in [7, 11) is 0. The average Bonchev–Trinajstić information content (AvgIpc) is 3.04. The lowest BCUT2D eigenvalue weighted by atomic mass is 10.1. The van der Waals surface area contributed by atoms with Crippen LogP contribution in [-0.2, 0) is 0 Å². The lowest BCUT2D eigenvalue weighted by molar-refractivity contribution is 1.06.